The standard InChI is InChI=1S/C12H15NO3/c1-8(14)9-4-2-3-5-10(9)11(13)6-7-12(15)16/h2-5,11H,6-7,13H2,1H3,(H,15,16)/t11-/m0/s1. The van der Waals surface area contributed by atoms with Crippen molar-refractivity contribution in [1.29, 1.82) is 0 Å². The number of Topliss-reactive ketones (excluding diaryl/α,β-unsaturated/α-hetero) is 1. The van der Waals surface area contributed by atoms with Gasteiger partial charge in [-0.2, -0.15) is 0 Å². The van der Waals surface area contributed by atoms with Gasteiger partial charge in [-0.1, -0.05) is 24.3 Å². The van der Waals surface area contributed by atoms with Crippen molar-refractivity contribution in [1.82, 2.24) is 0 Å². The van der Waals surface area contributed by atoms with Crippen LogP contribution in [0.2, 0.25) is 0 Å². The number of hydrogen-bond acceptors (Lipinski definition) is 3. The lowest BCUT2D eigenvalue weighted by Gasteiger charge is -2.13. The van der Waals surface area contributed by atoms with E-state index >= 15 is 0 Å². The molecule has 0 aromatic heterocycles. The van der Waals surface area contributed by atoms with Gasteiger partial charge in [-0.15, -0.1) is 0 Å². The summed E-state index contributed by atoms with van der Waals surface area (Å²) in [5, 5.41) is 8.57. The van der Waals surface area contributed by atoms with E-state index < -0.39 is 12.0 Å². The second kappa shape index (κ2) is 5.42. The Labute approximate surface area is 94.1 Å². The summed E-state index contributed by atoms with van der Waals surface area (Å²) in [6.07, 6.45) is 0.340. The van der Waals surface area contributed by atoms with Crippen LogP contribution in [0, 0.1) is 0 Å². The van der Waals surface area contributed by atoms with Gasteiger partial charge in [0.15, 0.2) is 5.78 Å². The molecule has 16 heavy (non-hydrogen) atoms. The van der Waals surface area contributed by atoms with Crippen LogP contribution in [-0.2, 0) is 4.79 Å². The molecule has 0 aliphatic heterocycles. The summed E-state index contributed by atoms with van der Waals surface area (Å²) in [6, 6.07) is 6.63. The number of ketones is 1. The van der Waals surface area contributed by atoms with Gasteiger partial charge in [0.1, 0.15) is 0 Å². The van der Waals surface area contributed by atoms with Crippen LogP contribution in [-0.4, -0.2) is 16.9 Å². The zero-order chi connectivity index (χ0) is 12.1. The predicted octanol–water partition coefficient (Wildman–Crippen LogP) is 1.75. The maximum absolute atomic E-state index is 11.3. The molecule has 0 saturated heterocycles. The molecule has 0 aliphatic carbocycles. The number of carboxylic acid groups (broad SMARTS) is 1. The summed E-state index contributed by atoms with van der Waals surface area (Å²) in [7, 11) is 0. The summed E-state index contributed by atoms with van der Waals surface area (Å²) in [6.45, 7) is 1.47. The van der Waals surface area contributed by atoms with E-state index in [1.807, 2.05) is 0 Å². The van der Waals surface area contributed by atoms with Crippen LogP contribution < -0.4 is 5.73 Å². The molecule has 0 aliphatic rings. The van der Waals surface area contributed by atoms with Crippen LogP contribution in [0.4, 0.5) is 0 Å². The van der Waals surface area contributed by atoms with E-state index in [0.717, 1.165) is 5.56 Å². The first-order chi connectivity index (χ1) is 7.52. The molecule has 4 heteroatoms. The number of nitrogens with two attached hydrogens (primary N) is 1. The molecule has 86 valence electrons. The van der Waals surface area contributed by atoms with Crippen molar-refractivity contribution in [3.8, 4) is 0 Å². The number of benzene rings is 1. The number of hydrogen-bond donors (Lipinski definition) is 2. The summed E-state index contributed by atoms with van der Waals surface area (Å²) in [5.74, 6) is -0.933. The number of carbonyl (C=O) groups excluding carboxylic acids is 1. The summed E-state index contributed by atoms with van der Waals surface area (Å²) < 4.78 is 0. The molecular weight excluding hydrogens is 206 g/mol. The van der Waals surface area contributed by atoms with Gasteiger partial charge in [0.25, 0.3) is 0 Å². The van der Waals surface area contributed by atoms with Gasteiger partial charge in [-0.05, 0) is 18.9 Å². The molecule has 4 nitrogen and oxygen atoms in total. The van der Waals surface area contributed by atoms with Gasteiger partial charge < -0.3 is 10.8 Å². The lowest BCUT2D eigenvalue weighted by molar-refractivity contribution is -0.137. The zero-order valence-electron chi connectivity index (χ0n) is 9.14. The van der Waals surface area contributed by atoms with Crippen molar-refractivity contribution in [2.45, 2.75) is 25.8 Å². The molecule has 0 heterocycles. The van der Waals surface area contributed by atoms with E-state index in [4.69, 9.17) is 10.8 Å². The van der Waals surface area contributed by atoms with Crippen molar-refractivity contribution in [3.05, 3.63) is 35.4 Å². The molecule has 0 amide bonds. The average Bonchev–Trinajstić information content (AvgIpc) is 2.25. The Hall–Kier alpha value is -1.68. The van der Waals surface area contributed by atoms with Gasteiger partial charge in [0.05, 0.1) is 0 Å². The number of rotatable bonds is 5. The fourth-order valence-electron chi connectivity index (χ4n) is 1.58. The first-order valence-corrected chi connectivity index (χ1v) is 5.09. The second-order valence-electron chi connectivity index (χ2n) is 3.68. The molecule has 0 unspecified atom stereocenters. The molecule has 1 atom stereocenters. The molecular formula is C12H15NO3. The van der Waals surface area contributed by atoms with Crippen LogP contribution in [0.1, 0.15) is 41.7 Å². The molecule has 0 bridgehead atoms. The zero-order valence-corrected chi connectivity index (χ0v) is 9.14. The first-order valence-electron chi connectivity index (χ1n) is 5.09. The quantitative estimate of drug-likeness (QED) is 0.742. The van der Waals surface area contributed by atoms with Crippen molar-refractivity contribution >= 4 is 11.8 Å². The van der Waals surface area contributed by atoms with Gasteiger partial charge in [-0.3, -0.25) is 9.59 Å². The highest BCUT2D eigenvalue weighted by Crippen LogP contribution is 2.20. The van der Waals surface area contributed by atoms with E-state index in [1.165, 1.54) is 6.92 Å². The monoisotopic (exact) mass is 221 g/mol. The van der Waals surface area contributed by atoms with Crippen LogP contribution in [0.25, 0.3) is 0 Å². The summed E-state index contributed by atoms with van der Waals surface area (Å²) >= 11 is 0. The molecule has 1 aromatic carbocycles. The third-order valence-electron chi connectivity index (χ3n) is 2.41. The smallest absolute Gasteiger partial charge is 0.303 e. The van der Waals surface area contributed by atoms with Gasteiger partial charge in [-0.25, -0.2) is 0 Å². The molecule has 0 spiro atoms. The van der Waals surface area contributed by atoms with Crippen molar-refractivity contribution in [2.75, 3.05) is 0 Å². The minimum absolute atomic E-state index is 0.00735. The van der Waals surface area contributed by atoms with Crippen LogP contribution in [0.3, 0.4) is 0 Å². The highest BCUT2D eigenvalue weighted by Gasteiger charge is 2.14. The Morgan fingerprint density at radius 1 is 1.38 bits per heavy atom. The predicted molar refractivity (Wildman–Crippen MR) is 60.2 cm³/mol. The highest BCUT2D eigenvalue weighted by molar-refractivity contribution is 5.95. The maximum Gasteiger partial charge on any atom is 0.303 e. The number of carboxylic acids is 1. The fraction of sp³-hybridized carbons (Fsp3) is 0.333. The Kier molecular flexibility index (Phi) is 4.19. The first kappa shape index (κ1) is 12.4. The maximum atomic E-state index is 11.3. The van der Waals surface area contributed by atoms with Crippen molar-refractivity contribution < 1.29 is 14.7 Å². The van der Waals surface area contributed by atoms with E-state index in [-0.39, 0.29) is 12.2 Å². The van der Waals surface area contributed by atoms with Gasteiger partial charge in [0, 0.05) is 18.0 Å². The lowest BCUT2D eigenvalue weighted by Crippen LogP contribution is -2.15. The topological polar surface area (TPSA) is 80.4 Å². The molecule has 0 saturated carbocycles. The second-order valence-corrected chi connectivity index (χ2v) is 3.68. The minimum Gasteiger partial charge on any atom is -0.481 e. The third kappa shape index (κ3) is 3.17. The lowest BCUT2D eigenvalue weighted by atomic mass is 9.95. The van der Waals surface area contributed by atoms with Crippen molar-refractivity contribution in [3.63, 3.8) is 0 Å². The molecule has 1 rings (SSSR count). The van der Waals surface area contributed by atoms with E-state index in [2.05, 4.69) is 0 Å². The SMILES string of the molecule is CC(=O)c1ccccc1[C@@H](N)CCC(=O)O. The Bertz CT molecular complexity index is 401. The molecule has 0 fully saturated rings. The molecule has 3 N–H and O–H groups in total. The largest absolute Gasteiger partial charge is 0.481 e. The summed E-state index contributed by atoms with van der Waals surface area (Å²) in [5.41, 5.74) is 7.15. The Morgan fingerprint density at radius 2 is 2.00 bits per heavy atom. The Balaban J connectivity index is 2.85. The van der Waals surface area contributed by atoms with E-state index in [1.54, 1.807) is 24.3 Å². The molecule has 0 radical (unpaired) electrons. The number of carbonyl (C=O) groups is 2. The highest BCUT2D eigenvalue weighted by atomic mass is 16.4. The van der Waals surface area contributed by atoms with E-state index in [9.17, 15) is 9.59 Å². The molecule has 1 aromatic rings. The number of aliphatic carboxylic acids is 1. The van der Waals surface area contributed by atoms with Crippen LogP contribution in [0.15, 0.2) is 24.3 Å². The van der Waals surface area contributed by atoms with Crippen LogP contribution in [0.5, 0.6) is 0 Å². The van der Waals surface area contributed by atoms with E-state index in [0.29, 0.717) is 12.0 Å². The Morgan fingerprint density at radius 3 is 2.56 bits per heavy atom. The van der Waals surface area contributed by atoms with Crippen molar-refractivity contribution in [2.24, 2.45) is 5.73 Å². The fourth-order valence-corrected chi connectivity index (χ4v) is 1.58. The van der Waals surface area contributed by atoms with Gasteiger partial charge in [0.2, 0.25) is 0 Å². The average molecular weight is 221 g/mol. The minimum atomic E-state index is -0.879. The van der Waals surface area contributed by atoms with Gasteiger partial charge >= 0.3 is 5.97 Å². The normalized spacial score (nSPS) is 12.1. The summed E-state index contributed by atoms with van der Waals surface area (Å²) in [4.78, 5) is 21.8. The third-order valence-corrected chi connectivity index (χ3v) is 2.41. The van der Waals surface area contributed by atoms with Crippen LogP contribution >= 0.6 is 0 Å².